The van der Waals surface area contributed by atoms with Crippen molar-refractivity contribution >= 4 is 5.69 Å². The number of fused-ring (bicyclic) bond motifs is 1. The normalized spacial score (nSPS) is 15.0. The van der Waals surface area contributed by atoms with Gasteiger partial charge in [-0.15, -0.1) is 10.2 Å². The molecule has 0 atom stereocenters. The molecule has 1 aliphatic rings. The number of aromatic nitrogens is 3. The van der Waals surface area contributed by atoms with E-state index >= 15 is 0 Å². The number of aryl methyl sites for hydroxylation is 1. The van der Waals surface area contributed by atoms with E-state index < -0.39 is 0 Å². The van der Waals surface area contributed by atoms with Crippen LogP contribution in [0.5, 0.6) is 0 Å². The van der Waals surface area contributed by atoms with Crippen molar-refractivity contribution in [1.29, 1.82) is 0 Å². The second-order valence-electron chi connectivity index (χ2n) is 5.13. The molecule has 0 fully saturated rings. The van der Waals surface area contributed by atoms with Crippen molar-refractivity contribution in [3.63, 3.8) is 0 Å². The summed E-state index contributed by atoms with van der Waals surface area (Å²) in [7, 11) is 0. The van der Waals surface area contributed by atoms with E-state index in [4.69, 9.17) is 0 Å². The molecule has 1 aromatic carbocycles. The lowest BCUT2D eigenvalue weighted by atomic mass is 10.1. The average Bonchev–Trinajstić information content (AvgIpc) is 2.69. The number of hydrogen-bond acceptors (Lipinski definition) is 4. The summed E-state index contributed by atoms with van der Waals surface area (Å²) in [5.74, 6) is 2.03. The zero-order valence-corrected chi connectivity index (χ0v) is 12.1. The van der Waals surface area contributed by atoms with E-state index in [1.165, 1.54) is 11.3 Å². The van der Waals surface area contributed by atoms with Gasteiger partial charge < -0.3 is 14.8 Å². The van der Waals surface area contributed by atoms with Gasteiger partial charge in [0.15, 0.2) is 5.82 Å². The summed E-state index contributed by atoms with van der Waals surface area (Å²) in [6.45, 7) is 8.80. The van der Waals surface area contributed by atoms with E-state index in [9.17, 15) is 0 Å². The number of anilines is 1. The van der Waals surface area contributed by atoms with Gasteiger partial charge in [0.05, 0.1) is 6.54 Å². The van der Waals surface area contributed by atoms with Gasteiger partial charge in [-0.3, -0.25) is 0 Å². The first kappa shape index (κ1) is 13.1. The van der Waals surface area contributed by atoms with Gasteiger partial charge in [0.2, 0.25) is 0 Å². The SMILES string of the molecule is CCn1c(C)nnc1CN1CCNCc2ccccc21. The summed E-state index contributed by atoms with van der Waals surface area (Å²) in [4.78, 5) is 2.39. The van der Waals surface area contributed by atoms with Gasteiger partial charge in [0.25, 0.3) is 0 Å². The first-order chi connectivity index (χ1) is 9.79. The summed E-state index contributed by atoms with van der Waals surface area (Å²) in [5.41, 5.74) is 2.66. The van der Waals surface area contributed by atoms with E-state index in [1.54, 1.807) is 0 Å². The molecule has 0 unspecified atom stereocenters. The molecule has 2 aromatic rings. The Hall–Kier alpha value is -1.88. The second-order valence-corrected chi connectivity index (χ2v) is 5.13. The number of hydrogen-bond donors (Lipinski definition) is 1. The molecule has 20 heavy (non-hydrogen) atoms. The molecule has 0 saturated heterocycles. The molecular weight excluding hydrogens is 250 g/mol. The Morgan fingerprint density at radius 2 is 2.10 bits per heavy atom. The van der Waals surface area contributed by atoms with Crippen molar-refractivity contribution < 1.29 is 0 Å². The third kappa shape index (κ3) is 2.41. The highest BCUT2D eigenvalue weighted by Gasteiger charge is 2.17. The fraction of sp³-hybridized carbons (Fsp3) is 0.467. The third-order valence-electron chi connectivity index (χ3n) is 3.87. The molecule has 0 radical (unpaired) electrons. The van der Waals surface area contributed by atoms with Crippen LogP contribution in [-0.4, -0.2) is 27.9 Å². The lowest BCUT2D eigenvalue weighted by Gasteiger charge is -2.24. The third-order valence-corrected chi connectivity index (χ3v) is 3.87. The summed E-state index contributed by atoms with van der Waals surface area (Å²) in [6, 6.07) is 8.59. The van der Waals surface area contributed by atoms with E-state index in [0.717, 1.165) is 44.4 Å². The molecular formula is C15H21N5. The Labute approximate surface area is 119 Å². The second kappa shape index (κ2) is 5.63. The predicted octanol–water partition coefficient (Wildman–Crippen LogP) is 1.72. The topological polar surface area (TPSA) is 46.0 Å². The van der Waals surface area contributed by atoms with Crippen molar-refractivity contribution in [2.24, 2.45) is 0 Å². The maximum Gasteiger partial charge on any atom is 0.152 e. The molecule has 1 aliphatic heterocycles. The number of para-hydroxylation sites is 1. The van der Waals surface area contributed by atoms with Crippen molar-refractivity contribution in [1.82, 2.24) is 20.1 Å². The van der Waals surface area contributed by atoms with Gasteiger partial charge >= 0.3 is 0 Å². The van der Waals surface area contributed by atoms with E-state index in [1.807, 2.05) is 6.92 Å². The van der Waals surface area contributed by atoms with Crippen LogP contribution in [0.2, 0.25) is 0 Å². The van der Waals surface area contributed by atoms with Crippen LogP contribution >= 0.6 is 0 Å². The molecule has 0 spiro atoms. The summed E-state index contributed by atoms with van der Waals surface area (Å²) in [6.07, 6.45) is 0. The van der Waals surface area contributed by atoms with E-state index in [2.05, 4.69) is 56.2 Å². The Kier molecular flexibility index (Phi) is 3.69. The minimum atomic E-state index is 0.813. The predicted molar refractivity (Wildman–Crippen MR) is 79.6 cm³/mol. The summed E-state index contributed by atoms with van der Waals surface area (Å²) < 4.78 is 2.18. The lowest BCUT2D eigenvalue weighted by molar-refractivity contribution is 0.639. The quantitative estimate of drug-likeness (QED) is 0.923. The maximum absolute atomic E-state index is 4.34. The van der Waals surface area contributed by atoms with Gasteiger partial charge in [-0.1, -0.05) is 18.2 Å². The van der Waals surface area contributed by atoms with Crippen molar-refractivity contribution in [3.05, 3.63) is 41.5 Å². The van der Waals surface area contributed by atoms with Crippen LogP contribution in [0.25, 0.3) is 0 Å². The molecule has 0 bridgehead atoms. The van der Waals surface area contributed by atoms with E-state index in [0.29, 0.717) is 0 Å². The first-order valence-electron chi connectivity index (χ1n) is 7.22. The molecule has 5 nitrogen and oxygen atoms in total. The molecule has 106 valence electrons. The smallest absolute Gasteiger partial charge is 0.152 e. The summed E-state index contributed by atoms with van der Waals surface area (Å²) in [5, 5.41) is 12.0. The van der Waals surface area contributed by atoms with Gasteiger partial charge in [0, 0.05) is 31.9 Å². The van der Waals surface area contributed by atoms with Crippen molar-refractivity contribution in [2.75, 3.05) is 18.0 Å². The maximum atomic E-state index is 4.34. The van der Waals surface area contributed by atoms with E-state index in [-0.39, 0.29) is 0 Å². The highest BCUT2D eigenvalue weighted by Crippen LogP contribution is 2.23. The Balaban J connectivity index is 1.90. The molecule has 0 saturated carbocycles. The van der Waals surface area contributed by atoms with Gasteiger partial charge in [-0.2, -0.15) is 0 Å². The lowest BCUT2D eigenvalue weighted by Crippen LogP contribution is -2.29. The Bertz CT molecular complexity index is 590. The van der Waals surface area contributed by atoms with Crippen LogP contribution in [0, 0.1) is 6.92 Å². The van der Waals surface area contributed by atoms with Crippen LogP contribution in [0.3, 0.4) is 0 Å². The number of benzene rings is 1. The standard InChI is InChI=1S/C15H21N5/c1-3-20-12(2)17-18-15(20)11-19-9-8-16-10-13-6-4-5-7-14(13)19/h4-7,16H,3,8-11H2,1-2H3. The number of nitrogens with zero attached hydrogens (tertiary/aromatic N) is 4. The average molecular weight is 271 g/mol. The van der Waals surface area contributed by atoms with Crippen LogP contribution < -0.4 is 10.2 Å². The largest absolute Gasteiger partial charge is 0.362 e. The fourth-order valence-corrected chi connectivity index (χ4v) is 2.81. The molecule has 3 rings (SSSR count). The highest BCUT2D eigenvalue weighted by molar-refractivity contribution is 5.54. The monoisotopic (exact) mass is 271 g/mol. The van der Waals surface area contributed by atoms with Crippen LogP contribution in [0.1, 0.15) is 24.1 Å². The van der Waals surface area contributed by atoms with Crippen LogP contribution in [-0.2, 0) is 19.6 Å². The number of nitrogens with one attached hydrogen (secondary N) is 1. The van der Waals surface area contributed by atoms with Crippen molar-refractivity contribution in [3.8, 4) is 0 Å². The molecule has 1 aromatic heterocycles. The minimum Gasteiger partial charge on any atom is -0.362 e. The molecule has 5 heteroatoms. The van der Waals surface area contributed by atoms with Crippen molar-refractivity contribution in [2.45, 2.75) is 33.5 Å². The Morgan fingerprint density at radius 1 is 1.25 bits per heavy atom. The van der Waals surface area contributed by atoms with Crippen LogP contribution in [0.4, 0.5) is 5.69 Å². The zero-order chi connectivity index (χ0) is 13.9. The van der Waals surface area contributed by atoms with Gasteiger partial charge in [0.1, 0.15) is 5.82 Å². The zero-order valence-electron chi connectivity index (χ0n) is 12.1. The minimum absolute atomic E-state index is 0.813. The van der Waals surface area contributed by atoms with Gasteiger partial charge in [-0.25, -0.2) is 0 Å². The molecule has 1 N–H and O–H groups in total. The van der Waals surface area contributed by atoms with Gasteiger partial charge in [-0.05, 0) is 25.5 Å². The van der Waals surface area contributed by atoms with Crippen LogP contribution in [0.15, 0.2) is 24.3 Å². The number of rotatable bonds is 3. The highest BCUT2D eigenvalue weighted by atomic mass is 15.3. The Morgan fingerprint density at radius 3 is 2.95 bits per heavy atom. The molecule has 0 aliphatic carbocycles. The molecule has 0 amide bonds. The first-order valence-corrected chi connectivity index (χ1v) is 7.22. The fourth-order valence-electron chi connectivity index (χ4n) is 2.81. The summed E-state index contributed by atoms with van der Waals surface area (Å²) >= 11 is 0. The molecule has 2 heterocycles.